The standard InChI is InChI=1S/C20H18O8.C11H14N2O/c1-11-3-7-13(8-4-11)15(21)19(27,17(23)24)20(28,18(25)26)16(22)14-9-5-12(2)6-10-14;1-13-7-6-8-4-2-3-5-9(8)10(12)11(13)14/h3-10,27-28H,1-2H3,(H,23,24)(H,25,26);2-5,10H,6-7,12H2,1H3/t;10-/m.0/s1. The monoisotopic (exact) mass is 576 g/mol. The Kier molecular flexibility index (Phi) is 9.42. The minimum absolute atomic E-state index is 0.00921. The quantitative estimate of drug-likeness (QED) is 0.204. The third-order valence-electron chi connectivity index (χ3n) is 7.18. The third kappa shape index (κ3) is 5.84. The second-order valence-corrected chi connectivity index (χ2v) is 10.1. The van der Waals surface area contributed by atoms with Gasteiger partial charge in [0.2, 0.25) is 17.5 Å². The first-order valence-corrected chi connectivity index (χ1v) is 12.9. The summed E-state index contributed by atoms with van der Waals surface area (Å²) in [4.78, 5) is 62.5. The van der Waals surface area contributed by atoms with Crippen molar-refractivity contribution in [3.8, 4) is 0 Å². The molecule has 4 rings (SSSR count). The number of amides is 1. The molecule has 1 amide bonds. The van der Waals surface area contributed by atoms with Crippen LogP contribution in [-0.4, -0.2) is 79.5 Å². The molecule has 3 aromatic rings. The molecule has 0 saturated carbocycles. The van der Waals surface area contributed by atoms with Gasteiger partial charge in [0.25, 0.3) is 11.2 Å². The molecule has 3 atom stereocenters. The lowest BCUT2D eigenvalue weighted by atomic mass is 9.73. The van der Waals surface area contributed by atoms with Crippen LogP contribution in [0.5, 0.6) is 0 Å². The number of aryl methyl sites for hydroxylation is 2. The van der Waals surface area contributed by atoms with Crippen LogP contribution < -0.4 is 5.73 Å². The van der Waals surface area contributed by atoms with Gasteiger partial charge in [0, 0.05) is 24.7 Å². The maximum absolute atomic E-state index is 12.8. The molecule has 0 spiro atoms. The number of aliphatic hydroxyl groups is 2. The lowest BCUT2D eigenvalue weighted by Crippen LogP contribution is -2.71. The summed E-state index contributed by atoms with van der Waals surface area (Å²) in [6.45, 7) is 4.13. The first-order valence-electron chi connectivity index (χ1n) is 12.9. The molecule has 1 aliphatic rings. The molecule has 0 fully saturated rings. The molecule has 0 saturated heterocycles. The Morgan fingerprint density at radius 1 is 0.762 bits per heavy atom. The number of carbonyl (C=O) groups excluding carboxylic acids is 3. The molecule has 220 valence electrons. The summed E-state index contributed by atoms with van der Waals surface area (Å²) in [5, 5.41) is 40.3. The number of hydrogen-bond donors (Lipinski definition) is 5. The average Bonchev–Trinajstić information content (AvgIpc) is 3.08. The van der Waals surface area contributed by atoms with E-state index in [1.165, 1.54) is 29.8 Å². The van der Waals surface area contributed by atoms with Gasteiger partial charge in [-0.2, -0.15) is 0 Å². The number of ketones is 2. The van der Waals surface area contributed by atoms with Crippen molar-refractivity contribution in [2.75, 3.05) is 13.6 Å². The number of benzene rings is 3. The molecule has 42 heavy (non-hydrogen) atoms. The number of likely N-dealkylation sites (N-methyl/N-ethyl adjacent to an activating group) is 1. The van der Waals surface area contributed by atoms with Gasteiger partial charge in [-0.05, 0) is 31.4 Å². The van der Waals surface area contributed by atoms with Crippen LogP contribution >= 0.6 is 0 Å². The number of nitrogens with zero attached hydrogens (tertiary/aromatic N) is 1. The predicted molar refractivity (Wildman–Crippen MR) is 151 cm³/mol. The molecule has 2 unspecified atom stereocenters. The van der Waals surface area contributed by atoms with E-state index in [1.54, 1.807) is 25.8 Å². The summed E-state index contributed by atoms with van der Waals surface area (Å²) >= 11 is 0. The van der Waals surface area contributed by atoms with Crippen LogP contribution in [0.1, 0.15) is 49.0 Å². The minimum Gasteiger partial charge on any atom is -0.479 e. The maximum Gasteiger partial charge on any atom is 0.348 e. The fraction of sp³-hybridized carbons (Fsp3) is 0.258. The van der Waals surface area contributed by atoms with E-state index >= 15 is 0 Å². The lowest BCUT2D eigenvalue weighted by molar-refractivity contribution is -0.187. The number of Topliss-reactive ketones (excluding diaryl/α,β-unsaturated/α-hetero) is 2. The van der Waals surface area contributed by atoms with Gasteiger partial charge in [0.1, 0.15) is 6.04 Å². The van der Waals surface area contributed by atoms with Crippen LogP contribution in [0.3, 0.4) is 0 Å². The van der Waals surface area contributed by atoms with Crippen molar-refractivity contribution >= 4 is 29.4 Å². The largest absolute Gasteiger partial charge is 0.479 e. The first-order chi connectivity index (χ1) is 19.7. The summed E-state index contributed by atoms with van der Waals surface area (Å²) < 4.78 is 0. The van der Waals surface area contributed by atoms with E-state index in [1.807, 2.05) is 24.3 Å². The molecule has 0 bridgehead atoms. The number of nitrogens with two attached hydrogens (primary N) is 1. The van der Waals surface area contributed by atoms with E-state index in [0.717, 1.165) is 42.8 Å². The molecule has 0 aromatic heterocycles. The summed E-state index contributed by atoms with van der Waals surface area (Å²) in [5.41, 5.74) is 0.782. The molecule has 1 heterocycles. The van der Waals surface area contributed by atoms with Crippen molar-refractivity contribution in [3.05, 3.63) is 106 Å². The second kappa shape index (κ2) is 12.4. The summed E-state index contributed by atoms with van der Waals surface area (Å²) in [6, 6.07) is 17.8. The van der Waals surface area contributed by atoms with E-state index < -0.39 is 40.7 Å². The molecule has 11 nitrogen and oxygen atoms in total. The Labute approximate surface area is 241 Å². The number of hydrogen-bond acceptors (Lipinski definition) is 8. The van der Waals surface area contributed by atoms with E-state index in [0.29, 0.717) is 11.1 Å². The Balaban J connectivity index is 0.000000287. The molecule has 1 aliphatic heterocycles. The average molecular weight is 577 g/mol. The maximum atomic E-state index is 12.8. The summed E-state index contributed by atoms with van der Waals surface area (Å²) in [5.74, 6) is -8.00. The lowest BCUT2D eigenvalue weighted by Gasteiger charge is -2.34. The van der Waals surface area contributed by atoms with Crippen molar-refractivity contribution in [2.45, 2.75) is 37.5 Å². The Morgan fingerprint density at radius 2 is 1.17 bits per heavy atom. The molecular formula is C31H32N2O9. The third-order valence-corrected chi connectivity index (χ3v) is 7.18. The molecule has 6 N–H and O–H groups in total. The van der Waals surface area contributed by atoms with Crippen molar-refractivity contribution in [1.82, 2.24) is 4.90 Å². The number of carbonyl (C=O) groups is 5. The van der Waals surface area contributed by atoms with E-state index in [2.05, 4.69) is 0 Å². The number of rotatable bonds is 7. The Hall–Kier alpha value is -4.71. The Bertz CT molecular complexity index is 1440. The number of fused-ring (bicyclic) bond motifs is 1. The van der Waals surface area contributed by atoms with Gasteiger partial charge in [-0.15, -0.1) is 0 Å². The van der Waals surface area contributed by atoms with Crippen LogP contribution in [0.25, 0.3) is 0 Å². The van der Waals surface area contributed by atoms with Crippen LogP contribution in [0.2, 0.25) is 0 Å². The van der Waals surface area contributed by atoms with Crippen LogP contribution in [0.15, 0.2) is 72.8 Å². The number of carboxylic acids is 2. The summed E-state index contributed by atoms with van der Waals surface area (Å²) in [6.07, 6.45) is 0.895. The molecular weight excluding hydrogens is 544 g/mol. The molecule has 11 heteroatoms. The topological polar surface area (TPSA) is 196 Å². The first kappa shape index (κ1) is 31.8. The van der Waals surface area contributed by atoms with Crippen molar-refractivity contribution in [1.29, 1.82) is 0 Å². The zero-order chi connectivity index (χ0) is 31.4. The summed E-state index contributed by atoms with van der Waals surface area (Å²) in [7, 11) is 1.80. The number of aliphatic carboxylic acids is 2. The van der Waals surface area contributed by atoms with Crippen molar-refractivity contribution < 1.29 is 44.4 Å². The van der Waals surface area contributed by atoms with Gasteiger partial charge in [-0.3, -0.25) is 14.4 Å². The fourth-order valence-corrected chi connectivity index (χ4v) is 4.49. The smallest absolute Gasteiger partial charge is 0.348 e. The molecule has 3 aromatic carbocycles. The zero-order valence-electron chi connectivity index (χ0n) is 23.3. The highest BCUT2D eigenvalue weighted by Gasteiger charge is 2.69. The van der Waals surface area contributed by atoms with Crippen LogP contribution in [0.4, 0.5) is 0 Å². The van der Waals surface area contributed by atoms with E-state index in [9.17, 15) is 44.4 Å². The van der Waals surface area contributed by atoms with Gasteiger partial charge in [0.15, 0.2) is 0 Å². The van der Waals surface area contributed by atoms with Gasteiger partial charge in [0.05, 0.1) is 0 Å². The SMILES string of the molecule is CN1CCc2ccccc2[C@H](N)C1=O.Cc1ccc(C(=O)C(O)(C(=O)O)C(O)(C(=O)O)C(=O)c2ccc(C)cc2)cc1. The van der Waals surface area contributed by atoms with Gasteiger partial charge in [-0.1, -0.05) is 83.9 Å². The zero-order valence-corrected chi connectivity index (χ0v) is 23.3. The van der Waals surface area contributed by atoms with Crippen LogP contribution in [0, 0.1) is 13.8 Å². The van der Waals surface area contributed by atoms with Gasteiger partial charge < -0.3 is 31.1 Å². The Morgan fingerprint density at radius 3 is 1.57 bits per heavy atom. The highest BCUT2D eigenvalue weighted by Crippen LogP contribution is 2.32. The number of carboxylic acid groups (broad SMARTS) is 2. The van der Waals surface area contributed by atoms with Gasteiger partial charge in [-0.25, -0.2) is 9.59 Å². The normalized spacial score (nSPS) is 17.3. The van der Waals surface area contributed by atoms with Gasteiger partial charge >= 0.3 is 11.9 Å². The highest BCUT2D eigenvalue weighted by molar-refractivity contribution is 6.28. The van der Waals surface area contributed by atoms with Crippen molar-refractivity contribution in [3.63, 3.8) is 0 Å². The fourth-order valence-electron chi connectivity index (χ4n) is 4.49. The predicted octanol–water partition coefficient (Wildman–Crippen LogP) is 1.70. The molecule has 0 aliphatic carbocycles. The second-order valence-electron chi connectivity index (χ2n) is 10.1. The highest BCUT2D eigenvalue weighted by atomic mass is 16.5. The van der Waals surface area contributed by atoms with E-state index in [4.69, 9.17) is 5.73 Å². The molecule has 0 radical (unpaired) electrons. The van der Waals surface area contributed by atoms with Crippen LogP contribution in [-0.2, 0) is 20.8 Å². The van der Waals surface area contributed by atoms with E-state index in [-0.39, 0.29) is 17.0 Å². The van der Waals surface area contributed by atoms with Crippen molar-refractivity contribution in [2.24, 2.45) is 5.73 Å². The minimum atomic E-state index is -3.96.